The number of hydrogen-bond acceptors (Lipinski definition) is 3. The molecular weight excluding hydrogens is 328 g/mol. The molecule has 3 rings (SSSR count). The molecule has 2 aromatic rings. The average Bonchev–Trinajstić information content (AvgIpc) is 2.92. The Morgan fingerprint density at radius 1 is 1.04 bits per heavy atom. The minimum Gasteiger partial charge on any atom is -0.357 e. The van der Waals surface area contributed by atoms with Gasteiger partial charge in [-0.25, -0.2) is 4.98 Å². The van der Waals surface area contributed by atoms with Crippen LogP contribution in [0.15, 0.2) is 48.7 Å². The second-order valence-corrected chi connectivity index (χ2v) is 6.95. The van der Waals surface area contributed by atoms with E-state index in [1.54, 1.807) is 0 Å². The van der Waals surface area contributed by atoms with Gasteiger partial charge in [0.25, 0.3) is 0 Å². The summed E-state index contributed by atoms with van der Waals surface area (Å²) in [5.74, 6) is 1.06. The van der Waals surface area contributed by atoms with Crippen molar-refractivity contribution in [1.29, 1.82) is 0 Å². The van der Waals surface area contributed by atoms with E-state index >= 15 is 0 Å². The highest BCUT2D eigenvalue weighted by molar-refractivity contribution is 7.80. The normalized spacial score (nSPS) is 16.0. The Hall–Kier alpha value is -2.14. The third-order valence-corrected chi connectivity index (χ3v) is 4.80. The summed E-state index contributed by atoms with van der Waals surface area (Å²) in [6.07, 6.45) is 7.03. The number of thiocarbonyl (C=S) groups is 1. The Morgan fingerprint density at radius 3 is 2.40 bits per heavy atom. The van der Waals surface area contributed by atoms with Gasteiger partial charge in [0.2, 0.25) is 0 Å². The van der Waals surface area contributed by atoms with Crippen molar-refractivity contribution in [3.05, 3.63) is 54.2 Å². The van der Waals surface area contributed by atoms with E-state index in [9.17, 15) is 0 Å². The molecule has 0 aliphatic carbocycles. The van der Waals surface area contributed by atoms with E-state index in [0.717, 1.165) is 24.6 Å². The second kappa shape index (κ2) is 8.81. The Labute approximate surface area is 155 Å². The van der Waals surface area contributed by atoms with E-state index < -0.39 is 0 Å². The highest BCUT2D eigenvalue weighted by atomic mass is 32.1. The van der Waals surface area contributed by atoms with Gasteiger partial charge in [0, 0.05) is 13.1 Å². The van der Waals surface area contributed by atoms with Crippen molar-refractivity contribution < 1.29 is 0 Å². The Kier molecular flexibility index (Phi) is 6.23. The Bertz CT molecular complexity index is 664. The summed E-state index contributed by atoms with van der Waals surface area (Å²) in [7, 11) is 0. The smallest absolute Gasteiger partial charge is 0.171 e. The number of hydrogen-bond donors (Lipinski definition) is 2. The molecule has 0 radical (unpaired) electrons. The van der Waals surface area contributed by atoms with Crippen LogP contribution < -0.4 is 15.5 Å². The van der Waals surface area contributed by atoms with Crippen molar-refractivity contribution in [2.75, 3.05) is 23.3 Å². The first-order chi connectivity index (χ1) is 12.2. The third-order valence-electron chi connectivity index (χ3n) is 4.58. The van der Waals surface area contributed by atoms with Crippen LogP contribution in [0.4, 0.5) is 11.5 Å². The summed E-state index contributed by atoms with van der Waals surface area (Å²) in [4.78, 5) is 6.99. The number of nitrogens with one attached hydrogen (secondary N) is 2. The van der Waals surface area contributed by atoms with E-state index in [1.165, 1.54) is 31.2 Å². The Morgan fingerprint density at radius 2 is 1.76 bits per heavy atom. The third kappa shape index (κ3) is 5.16. The molecule has 4 nitrogen and oxygen atoms in total. The van der Waals surface area contributed by atoms with Crippen LogP contribution in [0.3, 0.4) is 0 Å². The van der Waals surface area contributed by atoms with E-state index in [4.69, 9.17) is 12.2 Å². The summed E-state index contributed by atoms with van der Waals surface area (Å²) in [6.45, 7) is 4.31. The van der Waals surface area contributed by atoms with E-state index in [-0.39, 0.29) is 6.04 Å². The number of anilines is 2. The minimum absolute atomic E-state index is 0.158. The lowest BCUT2D eigenvalue weighted by Crippen LogP contribution is -2.31. The van der Waals surface area contributed by atoms with Crippen molar-refractivity contribution in [1.82, 2.24) is 10.3 Å². The molecule has 1 unspecified atom stereocenters. The van der Waals surface area contributed by atoms with Gasteiger partial charge >= 0.3 is 0 Å². The van der Waals surface area contributed by atoms with Crippen LogP contribution in [0, 0.1) is 0 Å². The second-order valence-electron chi connectivity index (χ2n) is 6.54. The first-order valence-corrected chi connectivity index (χ1v) is 9.46. The van der Waals surface area contributed by atoms with Crippen molar-refractivity contribution in [3.63, 3.8) is 0 Å². The molecule has 25 heavy (non-hydrogen) atoms. The molecule has 2 heterocycles. The van der Waals surface area contributed by atoms with Gasteiger partial charge < -0.3 is 15.5 Å². The Balaban J connectivity index is 1.54. The molecule has 1 saturated heterocycles. The summed E-state index contributed by atoms with van der Waals surface area (Å²) >= 11 is 5.43. The van der Waals surface area contributed by atoms with E-state index in [1.807, 2.05) is 30.5 Å². The molecule has 0 saturated carbocycles. The van der Waals surface area contributed by atoms with Crippen molar-refractivity contribution in [2.24, 2.45) is 0 Å². The first-order valence-electron chi connectivity index (χ1n) is 9.06. The van der Waals surface area contributed by atoms with Gasteiger partial charge in [0.05, 0.1) is 17.9 Å². The van der Waals surface area contributed by atoms with Crippen LogP contribution in [-0.2, 0) is 0 Å². The quantitative estimate of drug-likeness (QED) is 0.791. The van der Waals surface area contributed by atoms with Crippen molar-refractivity contribution in [2.45, 2.75) is 38.6 Å². The molecule has 1 aromatic carbocycles. The molecule has 132 valence electrons. The van der Waals surface area contributed by atoms with Gasteiger partial charge in [-0.15, -0.1) is 0 Å². The van der Waals surface area contributed by atoms with Gasteiger partial charge in [0.1, 0.15) is 5.82 Å². The van der Waals surface area contributed by atoms with Gasteiger partial charge in [-0.3, -0.25) is 0 Å². The predicted molar refractivity (Wildman–Crippen MR) is 109 cm³/mol. The zero-order valence-electron chi connectivity index (χ0n) is 14.7. The number of nitrogens with zero attached hydrogens (tertiary/aromatic N) is 2. The lowest BCUT2D eigenvalue weighted by Gasteiger charge is -2.22. The molecule has 1 aliphatic rings. The minimum atomic E-state index is 0.158. The largest absolute Gasteiger partial charge is 0.357 e. The van der Waals surface area contributed by atoms with Crippen molar-refractivity contribution >= 4 is 28.8 Å². The standard InChI is InChI=1S/C20H26N4S/c1-16(17-9-5-4-6-10-17)22-20(25)23-18-11-12-19(21-15-18)24-13-7-2-3-8-14-24/h4-6,9-12,15-16H,2-3,7-8,13-14H2,1H3,(H2,22,23,25). The molecule has 1 atom stereocenters. The lowest BCUT2D eigenvalue weighted by molar-refractivity contribution is 0.722. The summed E-state index contributed by atoms with van der Waals surface area (Å²) < 4.78 is 0. The zero-order chi connectivity index (χ0) is 17.5. The molecular formula is C20H26N4S. The summed E-state index contributed by atoms with van der Waals surface area (Å²) in [5.41, 5.74) is 2.12. The monoisotopic (exact) mass is 354 g/mol. The lowest BCUT2D eigenvalue weighted by atomic mass is 10.1. The zero-order valence-corrected chi connectivity index (χ0v) is 15.6. The summed E-state index contributed by atoms with van der Waals surface area (Å²) in [5, 5.41) is 7.15. The van der Waals surface area contributed by atoms with E-state index in [2.05, 4.69) is 45.6 Å². The number of benzene rings is 1. The molecule has 1 fully saturated rings. The van der Waals surface area contributed by atoms with Crippen molar-refractivity contribution in [3.8, 4) is 0 Å². The molecule has 2 N–H and O–H groups in total. The summed E-state index contributed by atoms with van der Waals surface area (Å²) in [6, 6.07) is 14.6. The molecule has 5 heteroatoms. The fourth-order valence-electron chi connectivity index (χ4n) is 3.14. The maximum absolute atomic E-state index is 5.43. The van der Waals surface area contributed by atoms with Gasteiger partial charge in [-0.05, 0) is 49.7 Å². The van der Waals surface area contributed by atoms with E-state index in [0.29, 0.717) is 5.11 Å². The predicted octanol–water partition coefficient (Wildman–Crippen LogP) is 4.51. The first kappa shape index (κ1) is 17.7. The SMILES string of the molecule is CC(NC(=S)Nc1ccc(N2CCCCCC2)nc1)c1ccccc1. The van der Waals surface area contributed by atoms with Crippen LogP contribution in [0.1, 0.15) is 44.2 Å². The topological polar surface area (TPSA) is 40.2 Å². The fraction of sp³-hybridized carbons (Fsp3) is 0.400. The van der Waals surface area contributed by atoms with Crippen LogP contribution in [0.5, 0.6) is 0 Å². The fourth-order valence-corrected chi connectivity index (χ4v) is 3.43. The molecule has 0 spiro atoms. The van der Waals surface area contributed by atoms with Gasteiger partial charge in [0.15, 0.2) is 5.11 Å². The maximum Gasteiger partial charge on any atom is 0.171 e. The average molecular weight is 355 g/mol. The van der Waals surface area contributed by atoms with Crippen LogP contribution in [0.2, 0.25) is 0 Å². The number of pyridine rings is 1. The molecule has 1 aromatic heterocycles. The molecule has 1 aliphatic heterocycles. The van der Waals surface area contributed by atoms with Gasteiger partial charge in [-0.1, -0.05) is 43.2 Å². The van der Waals surface area contributed by atoms with Crippen LogP contribution >= 0.6 is 12.2 Å². The maximum atomic E-state index is 5.43. The van der Waals surface area contributed by atoms with Gasteiger partial charge in [-0.2, -0.15) is 0 Å². The number of rotatable bonds is 4. The highest BCUT2D eigenvalue weighted by Gasteiger charge is 2.11. The molecule has 0 bridgehead atoms. The van der Waals surface area contributed by atoms with Crippen LogP contribution in [-0.4, -0.2) is 23.2 Å². The highest BCUT2D eigenvalue weighted by Crippen LogP contribution is 2.19. The van der Waals surface area contributed by atoms with Crippen LogP contribution in [0.25, 0.3) is 0 Å². The molecule has 0 amide bonds. The number of aromatic nitrogens is 1.